The van der Waals surface area contributed by atoms with Crippen molar-refractivity contribution in [1.82, 2.24) is 0 Å². The number of rotatable bonds is 5. The molecular formula is C29H27NO4. The lowest BCUT2D eigenvalue weighted by Gasteiger charge is -2.25. The highest BCUT2D eigenvalue weighted by Gasteiger charge is 2.49. The maximum absolute atomic E-state index is 13.2. The molecule has 5 rings (SSSR count). The van der Waals surface area contributed by atoms with Crippen LogP contribution in [-0.4, -0.2) is 17.8 Å². The Morgan fingerprint density at radius 3 is 1.94 bits per heavy atom. The van der Waals surface area contributed by atoms with E-state index in [4.69, 9.17) is 4.74 Å². The summed E-state index contributed by atoms with van der Waals surface area (Å²) in [4.78, 5) is 40.5. The van der Waals surface area contributed by atoms with Crippen molar-refractivity contribution < 1.29 is 19.1 Å². The summed E-state index contributed by atoms with van der Waals surface area (Å²) in [6.45, 7) is 2.14. The first kappa shape index (κ1) is 22.1. The molecule has 0 unspecified atom stereocenters. The van der Waals surface area contributed by atoms with E-state index < -0.39 is 11.9 Å². The fourth-order valence-electron chi connectivity index (χ4n) is 5.24. The summed E-state index contributed by atoms with van der Waals surface area (Å²) in [6.07, 6.45) is 2.51. The standard InChI is InChI=1S/C29H27NO4/c1-19-12-17-24-25(18-19)28(32)30(27(24)31)22-13-15-23(16-14-22)34-29(33)26(20-8-4-2-5-9-20)21-10-6-3-7-11-21/h2-11,13-16,19,24-26H,12,17-18H2,1H3/t19-,24-,25+/m0/s1. The van der Waals surface area contributed by atoms with Crippen molar-refractivity contribution in [2.75, 3.05) is 4.90 Å². The first-order chi connectivity index (χ1) is 16.5. The van der Waals surface area contributed by atoms with E-state index in [1.54, 1.807) is 24.3 Å². The van der Waals surface area contributed by atoms with Gasteiger partial charge in [-0.25, -0.2) is 0 Å². The highest BCUT2D eigenvalue weighted by molar-refractivity contribution is 6.22. The summed E-state index contributed by atoms with van der Waals surface area (Å²) < 4.78 is 5.74. The summed E-state index contributed by atoms with van der Waals surface area (Å²) in [5, 5.41) is 0. The predicted molar refractivity (Wildman–Crippen MR) is 129 cm³/mol. The molecule has 0 bridgehead atoms. The minimum Gasteiger partial charge on any atom is -0.426 e. The van der Waals surface area contributed by atoms with E-state index in [0.717, 1.165) is 30.4 Å². The van der Waals surface area contributed by atoms with Gasteiger partial charge in [0.25, 0.3) is 0 Å². The number of hydrogen-bond donors (Lipinski definition) is 0. The Labute approximate surface area is 199 Å². The summed E-state index contributed by atoms with van der Waals surface area (Å²) in [5.41, 5.74) is 2.22. The van der Waals surface area contributed by atoms with E-state index in [-0.39, 0.29) is 23.7 Å². The molecule has 1 aliphatic heterocycles. The lowest BCUT2D eigenvalue weighted by Crippen LogP contribution is -2.30. The summed E-state index contributed by atoms with van der Waals surface area (Å²) in [5.74, 6) is -0.769. The van der Waals surface area contributed by atoms with Crippen LogP contribution in [0.25, 0.3) is 0 Å². The highest BCUT2D eigenvalue weighted by atomic mass is 16.5. The van der Waals surface area contributed by atoms with Crippen LogP contribution < -0.4 is 9.64 Å². The zero-order chi connectivity index (χ0) is 23.7. The number of ether oxygens (including phenoxy) is 1. The topological polar surface area (TPSA) is 63.7 Å². The average molecular weight is 454 g/mol. The molecule has 2 amide bonds. The molecule has 1 heterocycles. The van der Waals surface area contributed by atoms with Crippen molar-refractivity contribution in [3.63, 3.8) is 0 Å². The van der Waals surface area contributed by atoms with Crippen LogP contribution >= 0.6 is 0 Å². The maximum Gasteiger partial charge on any atom is 0.323 e. The van der Waals surface area contributed by atoms with Gasteiger partial charge in [-0.2, -0.15) is 0 Å². The zero-order valence-corrected chi connectivity index (χ0v) is 19.1. The highest BCUT2D eigenvalue weighted by Crippen LogP contribution is 2.42. The van der Waals surface area contributed by atoms with Crippen molar-refractivity contribution >= 4 is 23.5 Å². The van der Waals surface area contributed by atoms with Crippen molar-refractivity contribution in [1.29, 1.82) is 0 Å². The van der Waals surface area contributed by atoms with E-state index in [9.17, 15) is 14.4 Å². The van der Waals surface area contributed by atoms with E-state index in [2.05, 4.69) is 6.92 Å². The van der Waals surface area contributed by atoms with Gasteiger partial charge in [-0.3, -0.25) is 19.3 Å². The molecule has 3 aromatic carbocycles. The van der Waals surface area contributed by atoms with Crippen LogP contribution in [0.3, 0.4) is 0 Å². The molecule has 0 aromatic heterocycles. The lowest BCUT2D eigenvalue weighted by molar-refractivity contribution is -0.135. The fraction of sp³-hybridized carbons (Fsp3) is 0.276. The van der Waals surface area contributed by atoms with E-state index in [1.807, 2.05) is 60.7 Å². The second-order valence-electron chi connectivity index (χ2n) is 9.31. The van der Waals surface area contributed by atoms with E-state index in [0.29, 0.717) is 17.4 Å². The molecule has 1 aliphatic carbocycles. The van der Waals surface area contributed by atoms with Crippen molar-refractivity contribution in [3.8, 4) is 5.75 Å². The molecule has 0 N–H and O–H groups in total. The van der Waals surface area contributed by atoms with Gasteiger partial charge in [0.15, 0.2) is 0 Å². The number of carbonyl (C=O) groups excluding carboxylic acids is 3. The van der Waals surface area contributed by atoms with Crippen LogP contribution in [0.2, 0.25) is 0 Å². The smallest absolute Gasteiger partial charge is 0.323 e. The Kier molecular flexibility index (Phi) is 6.01. The molecule has 5 nitrogen and oxygen atoms in total. The second-order valence-corrected chi connectivity index (χ2v) is 9.31. The van der Waals surface area contributed by atoms with E-state index in [1.165, 1.54) is 4.90 Å². The molecule has 0 radical (unpaired) electrons. The Hall–Kier alpha value is -3.73. The minimum absolute atomic E-state index is 0.111. The van der Waals surface area contributed by atoms with Crippen molar-refractivity contribution in [2.45, 2.75) is 32.1 Å². The third-order valence-electron chi connectivity index (χ3n) is 7.00. The number of amides is 2. The quantitative estimate of drug-likeness (QED) is 0.297. The number of imide groups is 1. The number of esters is 1. The fourth-order valence-corrected chi connectivity index (χ4v) is 5.24. The van der Waals surface area contributed by atoms with Crippen LogP contribution in [0.4, 0.5) is 5.69 Å². The van der Waals surface area contributed by atoms with Gasteiger partial charge in [0, 0.05) is 0 Å². The largest absolute Gasteiger partial charge is 0.426 e. The first-order valence-corrected chi connectivity index (χ1v) is 11.8. The van der Waals surface area contributed by atoms with Crippen molar-refractivity contribution in [2.24, 2.45) is 17.8 Å². The third kappa shape index (κ3) is 4.14. The summed E-state index contributed by atoms with van der Waals surface area (Å²) in [7, 11) is 0. The molecule has 1 saturated heterocycles. The summed E-state index contributed by atoms with van der Waals surface area (Å²) in [6, 6.07) is 25.7. The molecular weight excluding hydrogens is 426 g/mol. The van der Waals surface area contributed by atoms with Gasteiger partial charge in [-0.1, -0.05) is 67.6 Å². The molecule has 5 heteroatoms. The van der Waals surface area contributed by atoms with Crippen LogP contribution in [-0.2, 0) is 14.4 Å². The van der Waals surface area contributed by atoms with Gasteiger partial charge in [-0.15, -0.1) is 0 Å². The molecule has 2 aliphatic rings. The number of nitrogens with zero attached hydrogens (tertiary/aromatic N) is 1. The normalized spacial score (nSPS) is 22.1. The molecule has 3 aromatic rings. The van der Waals surface area contributed by atoms with Gasteiger partial charge in [0.2, 0.25) is 11.8 Å². The molecule has 1 saturated carbocycles. The average Bonchev–Trinajstić information content (AvgIpc) is 3.10. The lowest BCUT2D eigenvalue weighted by atomic mass is 9.76. The predicted octanol–water partition coefficient (Wildman–Crippen LogP) is 5.35. The Balaban J connectivity index is 1.35. The molecule has 3 atom stereocenters. The zero-order valence-electron chi connectivity index (χ0n) is 19.1. The van der Waals surface area contributed by atoms with Gasteiger partial charge < -0.3 is 4.74 Å². The van der Waals surface area contributed by atoms with Crippen LogP contribution in [0.5, 0.6) is 5.75 Å². The SMILES string of the molecule is C[C@H]1CC[C@@H]2C(=O)N(c3ccc(OC(=O)C(c4ccccc4)c4ccccc4)cc3)C(=O)[C@@H]2C1. The third-order valence-corrected chi connectivity index (χ3v) is 7.00. The first-order valence-electron chi connectivity index (χ1n) is 11.8. The molecule has 0 spiro atoms. The molecule has 2 fully saturated rings. The van der Waals surface area contributed by atoms with E-state index >= 15 is 0 Å². The van der Waals surface area contributed by atoms with Crippen molar-refractivity contribution in [3.05, 3.63) is 96.1 Å². The number of benzene rings is 3. The Morgan fingerprint density at radius 2 is 1.35 bits per heavy atom. The van der Waals surface area contributed by atoms with Crippen LogP contribution in [0.1, 0.15) is 43.2 Å². The number of fused-ring (bicyclic) bond motifs is 1. The Morgan fingerprint density at radius 1 is 0.794 bits per heavy atom. The monoisotopic (exact) mass is 453 g/mol. The minimum atomic E-state index is -0.561. The van der Waals surface area contributed by atoms with Crippen LogP contribution in [0, 0.1) is 17.8 Å². The number of hydrogen-bond acceptors (Lipinski definition) is 4. The maximum atomic E-state index is 13.2. The number of anilines is 1. The molecule has 34 heavy (non-hydrogen) atoms. The van der Waals surface area contributed by atoms with Crippen LogP contribution in [0.15, 0.2) is 84.9 Å². The van der Waals surface area contributed by atoms with Gasteiger partial charge in [-0.05, 0) is 60.6 Å². The summed E-state index contributed by atoms with van der Waals surface area (Å²) >= 11 is 0. The molecule has 172 valence electrons. The van der Waals surface area contributed by atoms with Gasteiger partial charge in [0.1, 0.15) is 11.7 Å². The second kappa shape index (κ2) is 9.26. The Bertz CT molecular complexity index is 1150. The van der Waals surface area contributed by atoms with Gasteiger partial charge in [0.05, 0.1) is 17.5 Å². The number of carbonyl (C=O) groups is 3. The van der Waals surface area contributed by atoms with Gasteiger partial charge >= 0.3 is 5.97 Å².